The van der Waals surface area contributed by atoms with E-state index in [1.165, 1.54) is 12.1 Å². The largest absolute Gasteiger partial charge is 0.354 e. The van der Waals surface area contributed by atoms with E-state index in [2.05, 4.69) is 10.3 Å². The monoisotopic (exact) mass is 332 g/mol. The van der Waals surface area contributed by atoms with Crippen molar-refractivity contribution in [3.63, 3.8) is 0 Å². The number of fused-ring (bicyclic) bond motifs is 1. The highest BCUT2D eigenvalue weighted by Gasteiger charge is 2.26. The van der Waals surface area contributed by atoms with Gasteiger partial charge in [-0.25, -0.2) is 8.78 Å². The predicted molar refractivity (Wildman–Crippen MR) is 85.2 cm³/mol. The molecule has 3 rings (SSSR count). The molecular weight excluding hydrogens is 314 g/mol. The maximum atomic E-state index is 13.1. The smallest absolute Gasteiger partial charge is 0.268 e. The van der Waals surface area contributed by atoms with Gasteiger partial charge in [0.1, 0.15) is 17.3 Å². The van der Waals surface area contributed by atoms with E-state index in [4.69, 9.17) is 0 Å². The third-order valence-corrected chi connectivity index (χ3v) is 4.29. The SMILES string of the molecule is Cc1c(C(=O)NCCc2cc(F)cc(F)c2)[nH]c2c1C(=O)CCC2. The third-order valence-electron chi connectivity index (χ3n) is 4.29. The van der Waals surface area contributed by atoms with Crippen molar-refractivity contribution in [2.45, 2.75) is 32.6 Å². The Bertz CT molecular complexity index is 791. The van der Waals surface area contributed by atoms with Crippen LogP contribution in [0.3, 0.4) is 0 Å². The van der Waals surface area contributed by atoms with Crippen LogP contribution >= 0.6 is 0 Å². The van der Waals surface area contributed by atoms with Gasteiger partial charge in [-0.1, -0.05) is 0 Å². The standard InChI is InChI=1S/C18H18F2N2O2/c1-10-16-14(3-2-4-15(16)23)22-17(10)18(24)21-6-5-11-7-12(19)9-13(20)8-11/h7-9,22H,2-6H2,1H3,(H,21,24). The maximum Gasteiger partial charge on any atom is 0.268 e. The molecule has 2 N–H and O–H groups in total. The maximum absolute atomic E-state index is 13.1. The van der Waals surface area contributed by atoms with Crippen LogP contribution in [0.4, 0.5) is 8.78 Å². The van der Waals surface area contributed by atoms with Gasteiger partial charge in [0.05, 0.1) is 0 Å². The molecule has 2 aromatic rings. The number of ketones is 1. The Hall–Kier alpha value is -2.50. The van der Waals surface area contributed by atoms with Crippen molar-refractivity contribution in [2.24, 2.45) is 0 Å². The molecule has 4 nitrogen and oxygen atoms in total. The molecule has 0 unspecified atom stereocenters. The molecule has 126 valence electrons. The molecule has 0 saturated carbocycles. The Kier molecular flexibility index (Phi) is 4.46. The van der Waals surface area contributed by atoms with E-state index < -0.39 is 11.6 Å². The van der Waals surface area contributed by atoms with E-state index in [9.17, 15) is 18.4 Å². The number of aromatic amines is 1. The van der Waals surface area contributed by atoms with E-state index in [0.29, 0.717) is 35.2 Å². The van der Waals surface area contributed by atoms with Gasteiger partial charge in [0.25, 0.3) is 5.91 Å². The molecule has 0 aliphatic heterocycles. The molecule has 0 atom stereocenters. The van der Waals surface area contributed by atoms with Gasteiger partial charge in [0, 0.05) is 30.3 Å². The first-order valence-electron chi connectivity index (χ1n) is 7.93. The Labute approximate surface area is 138 Å². The molecule has 0 radical (unpaired) electrons. The van der Waals surface area contributed by atoms with E-state index in [0.717, 1.165) is 24.6 Å². The lowest BCUT2D eigenvalue weighted by molar-refractivity contribution is 0.0948. The van der Waals surface area contributed by atoms with Gasteiger partial charge in [-0.3, -0.25) is 9.59 Å². The number of H-pyrrole nitrogens is 1. The van der Waals surface area contributed by atoms with Crippen molar-refractivity contribution in [3.8, 4) is 0 Å². The zero-order valence-electron chi connectivity index (χ0n) is 13.3. The van der Waals surface area contributed by atoms with E-state index in [-0.39, 0.29) is 18.2 Å². The first-order chi connectivity index (χ1) is 11.5. The fourth-order valence-corrected chi connectivity index (χ4v) is 3.17. The highest BCUT2D eigenvalue weighted by molar-refractivity contribution is 6.04. The number of halogens is 2. The number of hydrogen-bond donors (Lipinski definition) is 2. The molecule has 1 aromatic carbocycles. The summed E-state index contributed by atoms with van der Waals surface area (Å²) in [5, 5.41) is 2.72. The average molecular weight is 332 g/mol. The van der Waals surface area contributed by atoms with Crippen LogP contribution in [0, 0.1) is 18.6 Å². The Balaban J connectivity index is 1.66. The topological polar surface area (TPSA) is 62.0 Å². The summed E-state index contributed by atoms with van der Waals surface area (Å²) >= 11 is 0. The van der Waals surface area contributed by atoms with E-state index >= 15 is 0 Å². The van der Waals surface area contributed by atoms with Crippen molar-refractivity contribution < 1.29 is 18.4 Å². The summed E-state index contributed by atoms with van der Waals surface area (Å²) in [6, 6.07) is 3.30. The predicted octanol–water partition coefficient (Wildman–Crippen LogP) is 3.09. The highest BCUT2D eigenvalue weighted by atomic mass is 19.1. The molecule has 0 bridgehead atoms. The van der Waals surface area contributed by atoms with Crippen molar-refractivity contribution >= 4 is 11.7 Å². The fourth-order valence-electron chi connectivity index (χ4n) is 3.17. The second-order valence-corrected chi connectivity index (χ2v) is 6.04. The van der Waals surface area contributed by atoms with Crippen molar-refractivity contribution in [2.75, 3.05) is 6.54 Å². The lowest BCUT2D eigenvalue weighted by Crippen LogP contribution is -2.26. The molecule has 1 heterocycles. The first kappa shape index (κ1) is 16.4. The summed E-state index contributed by atoms with van der Waals surface area (Å²) in [5.41, 5.74) is 3.00. The average Bonchev–Trinajstić information content (AvgIpc) is 2.84. The Morgan fingerprint density at radius 1 is 1.21 bits per heavy atom. The summed E-state index contributed by atoms with van der Waals surface area (Å²) in [6.45, 7) is 2.01. The van der Waals surface area contributed by atoms with Gasteiger partial charge in [0.2, 0.25) is 0 Å². The normalized spacial score (nSPS) is 13.7. The summed E-state index contributed by atoms with van der Waals surface area (Å²) in [6.07, 6.45) is 2.38. The minimum Gasteiger partial charge on any atom is -0.354 e. The molecule has 0 spiro atoms. The number of nitrogens with one attached hydrogen (secondary N) is 2. The van der Waals surface area contributed by atoms with Gasteiger partial charge < -0.3 is 10.3 Å². The van der Waals surface area contributed by atoms with Crippen LogP contribution in [0.5, 0.6) is 0 Å². The minimum absolute atomic E-state index is 0.0688. The van der Waals surface area contributed by atoms with Gasteiger partial charge >= 0.3 is 0 Å². The zero-order valence-corrected chi connectivity index (χ0v) is 13.3. The van der Waals surface area contributed by atoms with Crippen molar-refractivity contribution in [1.82, 2.24) is 10.3 Å². The number of hydrogen-bond acceptors (Lipinski definition) is 2. The molecule has 0 saturated heterocycles. The van der Waals surface area contributed by atoms with Crippen LogP contribution in [0.15, 0.2) is 18.2 Å². The molecule has 6 heteroatoms. The molecular formula is C18H18F2N2O2. The van der Waals surface area contributed by atoms with Gasteiger partial charge in [-0.2, -0.15) is 0 Å². The fraction of sp³-hybridized carbons (Fsp3) is 0.333. The number of carbonyl (C=O) groups excluding carboxylic acids is 2. The number of benzene rings is 1. The number of aryl methyl sites for hydroxylation is 1. The molecule has 1 aliphatic rings. The number of Topliss-reactive ketones (excluding diaryl/α,β-unsaturated/α-hetero) is 1. The summed E-state index contributed by atoms with van der Waals surface area (Å²) < 4.78 is 26.3. The molecule has 1 aromatic heterocycles. The molecule has 1 amide bonds. The lowest BCUT2D eigenvalue weighted by atomic mass is 9.94. The van der Waals surface area contributed by atoms with Gasteiger partial charge in [-0.15, -0.1) is 0 Å². The third kappa shape index (κ3) is 3.22. The number of carbonyl (C=O) groups is 2. The Morgan fingerprint density at radius 3 is 2.58 bits per heavy atom. The van der Waals surface area contributed by atoms with Crippen molar-refractivity contribution in [1.29, 1.82) is 0 Å². The van der Waals surface area contributed by atoms with E-state index in [1.54, 1.807) is 6.92 Å². The Morgan fingerprint density at radius 2 is 1.92 bits per heavy atom. The highest BCUT2D eigenvalue weighted by Crippen LogP contribution is 2.26. The van der Waals surface area contributed by atoms with Gasteiger partial charge in [0.15, 0.2) is 5.78 Å². The van der Waals surface area contributed by atoms with Crippen molar-refractivity contribution in [3.05, 3.63) is 57.9 Å². The minimum atomic E-state index is -0.636. The number of rotatable bonds is 4. The van der Waals surface area contributed by atoms with Crippen LogP contribution in [0.2, 0.25) is 0 Å². The first-order valence-corrected chi connectivity index (χ1v) is 7.93. The van der Waals surface area contributed by atoms with Crippen LogP contribution in [0.1, 0.15) is 50.5 Å². The molecule has 1 aliphatic carbocycles. The number of aromatic nitrogens is 1. The van der Waals surface area contributed by atoms with E-state index in [1.807, 2.05) is 0 Å². The van der Waals surface area contributed by atoms with Crippen LogP contribution in [0.25, 0.3) is 0 Å². The van der Waals surface area contributed by atoms with Gasteiger partial charge in [-0.05, 0) is 49.4 Å². The molecule has 0 fully saturated rings. The summed E-state index contributed by atoms with van der Waals surface area (Å²) in [4.78, 5) is 27.3. The lowest BCUT2D eigenvalue weighted by Gasteiger charge is -2.09. The summed E-state index contributed by atoms with van der Waals surface area (Å²) in [5.74, 6) is -1.52. The zero-order chi connectivity index (χ0) is 17.3. The summed E-state index contributed by atoms with van der Waals surface area (Å²) in [7, 11) is 0. The number of amides is 1. The van der Waals surface area contributed by atoms with Crippen LogP contribution in [-0.2, 0) is 12.8 Å². The second-order valence-electron chi connectivity index (χ2n) is 6.04. The van der Waals surface area contributed by atoms with Crippen LogP contribution < -0.4 is 5.32 Å². The second kappa shape index (κ2) is 6.55. The van der Waals surface area contributed by atoms with Crippen LogP contribution in [-0.4, -0.2) is 23.2 Å². The quantitative estimate of drug-likeness (QED) is 0.904. The molecule has 24 heavy (non-hydrogen) atoms.